The molecule has 0 aliphatic carbocycles. The van der Waals surface area contributed by atoms with Crippen LogP contribution in [-0.4, -0.2) is 33.4 Å². The van der Waals surface area contributed by atoms with Gasteiger partial charge in [-0.2, -0.15) is 0 Å². The Labute approximate surface area is 119 Å². The van der Waals surface area contributed by atoms with Crippen molar-refractivity contribution in [2.45, 2.75) is 45.8 Å². The molecule has 0 fully saturated rings. The van der Waals surface area contributed by atoms with Crippen LogP contribution in [0.5, 0.6) is 0 Å². The minimum Gasteiger partial charge on any atom is -0.423 e. The minimum absolute atomic E-state index is 0.698. The molecule has 0 spiro atoms. The van der Waals surface area contributed by atoms with Gasteiger partial charge < -0.3 is 19.8 Å². The van der Waals surface area contributed by atoms with Gasteiger partial charge in [-0.05, 0) is 57.6 Å². The summed E-state index contributed by atoms with van der Waals surface area (Å²) in [5, 5.41) is 21.4. The van der Waals surface area contributed by atoms with Crippen LogP contribution in [0.25, 0.3) is 10.9 Å². The summed E-state index contributed by atoms with van der Waals surface area (Å²) in [4.78, 5) is 3.23. The van der Waals surface area contributed by atoms with Crippen LogP contribution in [0.3, 0.4) is 0 Å². The first-order valence-electron chi connectivity index (χ1n) is 6.78. The van der Waals surface area contributed by atoms with Gasteiger partial charge in [0.15, 0.2) is 0 Å². The Kier molecular flexibility index (Phi) is 3.71. The highest BCUT2D eigenvalue weighted by molar-refractivity contribution is 6.63. The summed E-state index contributed by atoms with van der Waals surface area (Å²) in [6.45, 7) is 8.83. The summed E-state index contributed by atoms with van der Waals surface area (Å²) in [6.07, 6.45) is 0. The lowest BCUT2D eigenvalue weighted by atomic mass is 9.75. The Morgan fingerprint density at radius 3 is 2.45 bits per heavy atom. The van der Waals surface area contributed by atoms with Crippen LogP contribution in [-0.2, 0) is 4.65 Å². The van der Waals surface area contributed by atoms with Crippen molar-refractivity contribution in [2.75, 3.05) is 0 Å². The zero-order chi connectivity index (χ0) is 15.1. The number of benzene rings is 1. The first kappa shape index (κ1) is 15.1. The summed E-state index contributed by atoms with van der Waals surface area (Å²) in [5.41, 5.74) is 0.755. The molecule has 0 bridgehead atoms. The van der Waals surface area contributed by atoms with E-state index in [2.05, 4.69) is 4.98 Å². The highest BCUT2D eigenvalue weighted by Crippen LogP contribution is 2.26. The van der Waals surface area contributed by atoms with Gasteiger partial charge in [0.2, 0.25) is 0 Å². The van der Waals surface area contributed by atoms with Crippen molar-refractivity contribution in [1.82, 2.24) is 4.98 Å². The molecule has 0 aliphatic rings. The molecule has 20 heavy (non-hydrogen) atoms. The van der Waals surface area contributed by atoms with Crippen LogP contribution < -0.4 is 5.46 Å². The van der Waals surface area contributed by atoms with Crippen molar-refractivity contribution in [1.29, 1.82) is 0 Å². The van der Waals surface area contributed by atoms with Crippen LogP contribution in [0.15, 0.2) is 24.3 Å². The number of aromatic nitrogens is 1. The van der Waals surface area contributed by atoms with Gasteiger partial charge >= 0.3 is 7.12 Å². The number of fused-ring (bicyclic) bond motifs is 1. The van der Waals surface area contributed by atoms with Crippen molar-refractivity contribution in [2.24, 2.45) is 0 Å². The topological polar surface area (TPSA) is 65.5 Å². The van der Waals surface area contributed by atoms with Gasteiger partial charge in [0.05, 0.1) is 11.2 Å². The molecule has 3 N–H and O–H groups in total. The molecular formula is C15H22BNO3. The third-order valence-corrected chi connectivity index (χ3v) is 3.98. The molecule has 1 aromatic carbocycles. The number of rotatable bonds is 4. The second-order valence-electron chi connectivity index (χ2n) is 6.30. The largest absolute Gasteiger partial charge is 0.492 e. The van der Waals surface area contributed by atoms with E-state index in [4.69, 9.17) is 4.65 Å². The van der Waals surface area contributed by atoms with E-state index in [1.54, 1.807) is 27.7 Å². The second-order valence-corrected chi connectivity index (χ2v) is 6.30. The highest BCUT2D eigenvalue weighted by atomic mass is 16.5. The standard InChI is InChI=1S/C15H22BNO3/c1-10-9-11-12(7-6-8-13(11)17-10)16(19)20-15(4,5)14(2,3)18/h6-9,17-19H,1-5H3. The van der Waals surface area contributed by atoms with E-state index in [0.717, 1.165) is 16.6 Å². The van der Waals surface area contributed by atoms with Crippen LogP contribution >= 0.6 is 0 Å². The average Bonchev–Trinajstić information content (AvgIpc) is 2.66. The van der Waals surface area contributed by atoms with E-state index in [9.17, 15) is 10.1 Å². The second kappa shape index (κ2) is 4.92. The van der Waals surface area contributed by atoms with E-state index in [-0.39, 0.29) is 0 Å². The normalized spacial score (nSPS) is 12.9. The maximum Gasteiger partial charge on any atom is 0.492 e. The molecule has 1 heterocycles. The Bertz CT molecular complexity index is 613. The molecule has 0 unspecified atom stereocenters. The van der Waals surface area contributed by atoms with E-state index in [1.807, 2.05) is 31.2 Å². The van der Waals surface area contributed by atoms with Crippen molar-refractivity contribution in [3.8, 4) is 0 Å². The molecule has 2 aromatic rings. The first-order valence-corrected chi connectivity index (χ1v) is 6.78. The summed E-state index contributed by atoms with van der Waals surface area (Å²) < 4.78 is 5.70. The molecule has 5 heteroatoms. The van der Waals surface area contributed by atoms with Gasteiger partial charge in [0.1, 0.15) is 0 Å². The van der Waals surface area contributed by atoms with Crippen LogP contribution in [0, 0.1) is 6.92 Å². The van der Waals surface area contributed by atoms with Gasteiger partial charge in [-0.15, -0.1) is 0 Å². The number of hydrogen-bond donors (Lipinski definition) is 3. The molecule has 0 saturated carbocycles. The molecule has 0 radical (unpaired) electrons. The monoisotopic (exact) mass is 275 g/mol. The zero-order valence-electron chi connectivity index (χ0n) is 12.7. The third-order valence-electron chi connectivity index (χ3n) is 3.98. The minimum atomic E-state index is -1.09. The molecule has 0 amide bonds. The van der Waals surface area contributed by atoms with Gasteiger partial charge in [-0.25, -0.2) is 0 Å². The number of nitrogens with one attached hydrogen (secondary N) is 1. The van der Waals surface area contributed by atoms with Gasteiger partial charge in [-0.1, -0.05) is 12.1 Å². The number of aryl methyl sites for hydroxylation is 1. The third kappa shape index (κ3) is 2.75. The van der Waals surface area contributed by atoms with E-state index >= 15 is 0 Å². The lowest BCUT2D eigenvalue weighted by Gasteiger charge is -2.38. The predicted octanol–water partition coefficient (Wildman–Crippen LogP) is 1.73. The molecule has 4 nitrogen and oxygen atoms in total. The highest BCUT2D eigenvalue weighted by Gasteiger charge is 2.39. The zero-order valence-corrected chi connectivity index (χ0v) is 12.7. The molecule has 0 atom stereocenters. The molecule has 2 rings (SSSR count). The lowest BCUT2D eigenvalue weighted by molar-refractivity contribution is -0.0982. The Balaban J connectivity index is 2.35. The first-order chi connectivity index (χ1) is 9.12. The van der Waals surface area contributed by atoms with Gasteiger partial charge in [-0.3, -0.25) is 0 Å². The van der Waals surface area contributed by atoms with Crippen molar-refractivity contribution in [3.63, 3.8) is 0 Å². The number of aromatic amines is 1. The lowest BCUT2D eigenvalue weighted by Crippen LogP contribution is -2.53. The molecule has 0 saturated heterocycles. The molecular weight excluding hydrogens is 253 g/mol. The fraction of sp³-hybridized carbons (Fsp3) is 0.467. The van der Waals surface area contributed by atoms with E-state index in [1.165, 1.54) is 0 Å². The predicted molar refractivity (Wildman–Crippen MR) is 82.1 cm³/mol. The van der Waals surface area contributed by atoms with Crippen LogP contribution in [0.4, 0.5) is 0 Å². The van der Waals surface area contributed by atoms with E-state index < -0.39 is 18.3 Å². The number of hydrogen-bond acceptors (Lipinski definition) is 3. The fourth-order valence-corrected chi connectivity index (χ4v) is 2.02. The number of aliphatic hydroxyl groups is 1. The Hall–Kier alpha value is -1.30. The maximum absolute atomic E-state index is 10.4. The number of H-pyrrole nitrogens is 1. The average molecular weight is 275 g/mol. The van der Waals surface area contributed by atoms with Gasteiger partial charge in [0.25, 0.3) is 0 Å². The molecule has 0 aliphatic heterocycles. The summed E-state index contributed by atoms with van der Waals surface area (Å²) in [5.74, 6) is 0. The maximum atomic E-state index is 10.4. The smallest absolute Gasteiger partial charge is 0.423 e. The van der Waals surface area contributed by atoms with Crippen molar-refractivity contribution >= 4 is 23.5 Å². The molecule has 108 valence electrons. The SMILES string of the molecule is Cc1cc2c(B(O)OC(C)(C)C(C)(C)O)cccc2[nH]1. The summed E-state index contributed by atoms with van der Waals surface area (Å²) in [7, 11) is -1.09. The Morgan fingerprint density at radius 2 is 1.85 bits per heavy atom. The fourth-order valence-electron chi connectivity index (χ4n) is 2.02. The quantitative estimate of drug-likeness (QED) is 0.744. The summed E-state index contributed by atoms with van der Waals surface area (Å²) in [6, 6.07) is 7.64. The summed E-state index contributed by atoms with van der Waals surface area (Å²) >= 11 is 0. The molecule has 1 aromatic heterocycles. The Morgan fingerprint density at radius 1 is 1.20 bits per heavy atom. The van der Waals surface area contributed by atoms with Crippen molar-refractivity contribution < 1.29 is 14.8 Å². The van der Waals surface area contributed by atoms with Gasteiger partial charge in [0, 0.05) is 11.2 Å². The van der Waals surface area contributed by atoms with E-state index in [0.29, 0.717) is 5.46 Å². The van der Waals surface area contributed by atoms with Crippen molar-refractivity contribution in [3.05, 3.63) is 30.0 Å². The van der Waals surface area contributed by atoms with Crippen LogP contribution in [0.2, 0.25) is 0 Å². The van der Waals surface area contributed by atoms with Crippen LogP contribution in [0.1, 0.15) is 33.4 Å².